The van der Waals surface area contributed by atoms with Gasteiger partial charge in [0.1, 0.15) is 0 Å². The molecule has 1 heterocycles. The Labute approximate surface area is 106 Å². The van der Waals surface area contributed by atoms with Crippen LogP contribution in [0.4, 0.5) is 5.82 Å². The van der Waals surface area contributed by atoms with Crippen molar-refractivity contribution in [3.05, 3.63) is 21.9 Å². The zero-order valence-electron chi connectivity index (χ0n) is 10.6. The quantitative estimate of drug-likeness (QED) is 0.657. The Morgan fingerprint density at radius 3 is 2.78 bits per heavy atom. The van der Waals surface area contributed by atoms with Crippen LogP contribution in [0.3, 0.4) is 0 Å². The van der Waals surface area contributed by atoms with Gasteiger partial charge < -0.3 is 15.2 Å². The number of aliphatic hydroxyl groups excluding tert-OH is 1. The van der Waals surface area contributed by atoms with Gasteiger partial charge in [0.05, 0.1) is 29.5 Å². The first-order chi connectivity index (χ1) is 8.58. The molecule has 0 aromatic carbocycles. The second kappa shape index (κ2) is 5.48. The number of nitrogens with zero attached hydrogens (tertiary/aromatic N) is 3. The van der Waals surface area contributed by atoms with E-state index >= 15 is 0 Å². The molecule has 0 radical (unpaired) electrons. The Morgan fingerprint density at radius 1 is 1.56 bits per heavy atom. The van der Waals surface area contributed by atoms with E-state index in [4.69, 9.17) is 0 Å². The highest BCUT2D eigenvalue weighted by Crippen LogP contribution is 2.27. The number of hydrogen-bond acceptors (Lipinski definition) is 4. The number of aromatic nitrogens is 2. The number of hydrogen-bond donors (Lipinski definition) is 1. The molecule has 1 aliphatic rings. The summed E-state index contributed by atoms with van der Waals surface area (Å²) < 4.78 is 1.54. The van der Waals surface area contributed by atoms with Crippen molar-refractivity contribution in [3.8, 4) is 0 Å². The first-order valence-electron chi connectivity index (χ1n) is 6.45. The summed E-state index contributed by atoms with van der Waals surface area (Å²) >= 11 is 0. The summed E-state index contributed by atoms with van der Waals surface area (Å²) in [7, 11) is 0. The van der Waals surface area contributed by atoms with E-state index in [9.17, 15) is 15.2 Å². The van der Waals surface area contributed by atoms with E-state index in [1.165, 1.54) is 30.0 Å². The molecule has 1 aromatic rings. The van der Waals surface area contributed by atoms with E-state index in [-0.39, 0.29) is 5.82 Å². The third kappa shape index (κ3) is 2.87. The molecule has 1 aromatic heterocycles. The van der Waals surface area contributed by atoms with Gasteiger partial charge in [0.2, 0.25) is 0 Å². The van der Waals surface area contributed by atoms with E-state index in [0.29, 0.717) is 12.5 Å². The van der Waals surface area contributed by atoms with Crippen molar-refractivity contribution >= 4 is 5.82 Å². The summed E-state index contributed by atoms with van der Waals surface area (Å²) in [6, 6.07) is 1.44. The van der Waals surface area contributed by atoms with Crippen molar-refractivity contribution in [2.75, 3.05) is 0 Å². The maximum Gasteiger partial charge on any atom is 0.390 e. The zero-order valence-corrected chi connectivity index (χ0v) is 10.6. The third-order valence-corrected chi connectivity index (χ3v) is 3.71. The van der Waals surface area contributed by atoms with Gasteiger partial charge in [-0.25, -0.2) is 0 Å². The predicted molar refractivity (Wildman–Crippen MR) is 66.2 cm³/mol. The lowest BCUT2D eigenvalue weighted by Crippen LogP contribution is -2.28. The molecule has 0 amide bonds. The zero-order chi connectivity index (χ0) is 13.1. The predicted octanol–water partition coefficient (Wildman–Crippen LogP) is 2.04. The van der Waals surface area contributed by atoms with Crippen molar-refractivity contribution in [3.63, 3.8) is 0 Å². The van der Waals surface area contributed by atoms with Crippen molar-refractivity contribution < 1.29 is 10.0 Å². The number of rotatable bonds is 4. The summed E-state index contributed by atoms with van der Waals surface area (Å²) in [6.45, 7) is 2.12. The second-order valence-electron chi connectivity index (χ2n) is 5.05. The van der Waals surface area contributed by atoms with E-state index in [1.54, 1.807) is 6.92 Å². The van der Waals surface area contributed by atoms with Gasteiger partial charge in [0.15, 0.2) is 0 Å². The molecular weight excluding hydrogens is 234 g/mol. The summed E-state index contributed by atoms with van der Waals surface area (Å²) in [6.07, 6.45) is 5.21. The summed E-state index contributed by atoms with van der Waals surface area (Å²) in [4.78, 5) is 10.1. The average molecular weight is 253 g/mol. The number of aryl methyl sites for hydroxylation is 1. The van der Waals surface area contributed by atoms with Crippen molar-refractivity contribution in [1.29, 1.82) is 0 Å². The minimum absolute atomic E-state index is 0.150. The highest BCUT2D eigenvalue weighted by Gasteiger charge is 2.25. The maximum atomic E-state index is 10.6. The van der Waals surface area contributed by atoms with Crippen LogP contribution in [-0.4, -0.2) is 25.9 Å². The molecule has 1 saturated carbocycles. The van der Waals surface area contributed by atoms with Crippen LogP contribution in [0, 0.1) is 23.0 Å². The molecule has 6 nitrogen and oxygen atoms in total. The van der Waals surface area contributed by atoms with Crippen LogP contribution in [0.5, 0.6) is 0 Å². The molecular formula is C12H19N3O3. The van der Waals surface area contributed by atoms with Crippen LogP contribution in [-0.2, 0) is 6.54 Å². The van der Waals surface area contributed by atoms with Gasteiger partial charge in [0, 0.05) is 0 Å². The van der Waals surface area contributed by atoms with Crippen LogP contribution in [0.15, 0.2) is 6.07 Å². The SMILES string of the molecule is Cc1cc([N+](=O)[O-])nn1C[C@H](O)C1CCCCC1. The molecule has 0 aliphatic heterocycles. The topological polar surface area (TPSA) is 81.2 Å². The lowest BCUT2D eigenvalue weighted by atomic mass is 9.85. The fourth-order valence-electron chi connectivity index (χ4n) is 2.61. The maximum absolute atomic E-state index is 10.6. The Morgan fingerprint density at radius 2 is 2.22 bits per heavy atom. The molecule has 0 bridgehead atoms. The molecule has 1 fully saturated rings. The van der Waals surface area contributed by atoms with Gasteiger partial charge >= 0.3 is 5.82 Å². The molecule has 1 atom stereocenters. The molecule has 0 unspecified atom stereocenters. The second-order valence-corrected chi connectivity index (χ2v) is 5.05. The van der Waals surface area contributed by atoms with Gasteiger partial charge in [-0.2, -0.15) is 4.68 Å². The average Bonchev–Trinajstić information content (AvgIpc) is 2.72. The molecule has 1 N–H and O–H groups in total. The molecule has 1 aliphatic carbocycles. The molecule has 0 spiro atoms. The molecule has 18 heavy (non-hydrogen) atoms. The fourth-order valence-corrected chi connectivity index (χ4v) is 2.61. The van der Waals surface area contributed by atoms with Crippen molar-refractivity contribution in [2.24, 2.45) is 5.92 Å². The Balaban J connectivity index is 2.01. The summed E-state index contributed by atoms with van der Waals surface area (Å²) in [5, 5.41) is 24.7. The van der Waals surface area contributed by atoms with Crippen LogP contribution in [0.2, 0.25) is 0 Å². The van der Waals surface area contributed by atoms with Gasteiger partial charge in [-0.3, -0.25) is 0 Å². The van der Waals surface area contributed by atoms with E-state index in [1.807, 2.05) is 0 Å². The van der Waals surface area contributed by atoms with Crippen LogP contribution in [0.25, 0.3) is 0 Å². The van der Waals surface area contributed by atoms with Gasteiger partial charge in [-0.1, -0.05) is 19.3 Å². The highest BCUT2D eigenvalue weighted by molar-refractivity contribution is 5.20. The Kier molecular flexibility index (Phi) is 3.96. The lowest BCUT2D eigenvalue weighted by Gasteiger charge is -2.25. The summed E-state index contributed by atoms with van der Waals surface area (Å²) in [5.74, 6) is 0.157. The van der Waals surface area contributed by atoms with Gasteiger partial charge in [-0.05, 0) is 30.6 Å². The van der Waals surface area contributed by atoms with Crippen LogP contribution >= 0.6 is 0 Å². The van der Waals surface area contributed by atoms with Crippen LogP contribution in [0.1, 0.15) is 37.8 Å². The van der Waals surface area contributed by atoms with Gasteiger partial charge in [-0.15, -0.1) is 0 Å². The monoisotopic (exact) mass is 253 g/mol. The number of aliphatic hydroxyl groups is 1. The minimum atomic E-state index is -0.503. The first kappa shape index (κ1) is 13.0. The normalized spacial score (nSPS) is 18.8. The Hall–Kier alpha value is -1.43. The van der Waals surface area contributed by atoms with Crippen molar-refractivity contribution in [1.82, 2.24) is 9.78 Å². The molecule has 0 saturated heterocycles. The van der Waals surface area contributed by atoms with Crippen molar-refractivity contribution in [2.45, 2.75) is 51.7 Å². The van der Waals surface area contributed by atoms with Crippen LogP contribution < -0.4 is 0 Å². The smallest absolute Gasteiger partial charge is 0.390 e. The molecule has 2 rings (SSSR count). The Bertz CT molecular complexity index is 424. The summed E-state index contributed by atoms with van der Waals surface area (Å²) in [5.41, 5.74) is 0.719. The minimum Gasteiger partial charge on any atom is -0.391 e. The van der Waals surface area contributed by atoms with E-state index in [2.05, 4.69) is 5.10 Å². The van der Waals surface area contributed by atoms with E-state index in [0.717, 1.165) is 18.5 Å². The largest absolute Gasteiger partial charge is 0.391 e. The highest BCUT2D eigenvalue weighted by atomic mass is 16.6. The van der Waals surface area contributed by atoms with E-state index < -0.39 is 11.0 Å². The first-order valence-corrected chi connectivity index (χ1v) is 6.45. The molecule has 6 heteroatoms. The lowest BCUT2D eigenvalue weighted by molar-refractivity contribution is -0.389. The number of nitro groups is 1. The fraction of sp³-hybridized carbons (Fsp3) is 0.750. The third-order valence-electron chi connectivity index (χ3n) is 3.71. The van der Waals surface area contributed by atoms with Gasteiger partial charge in [0.25, 0.3) is 0 Å². The molecule has 100 valence electrons. The standard InChI is InChI=1S/C12H19N3O3/c1-9-7-12(15(17)18)13-14(9)8-11(16)10-5-3-2-4-6-10/h7,10-11,16H,2-6,8H2,1H3/t11-/m0/s1.